The molecule has 1 amide bonds. The van der Waals surface area contributed by atoms with Crippen LogP contribution in [0, 0.1) is 11.8 Å². The standard InChI is InChI=1S/C23H27N3O7.C2H4O2/c1-25(2)12-5-6-13(27)15-10(12)7-9-8-11-17(26(3)4)19(29)16(22(24)32)21(31)23(11,33)20(30)14(9)18(15)28;1-2(3)4/h5-6,9,11,17,27,29-30,33H,7-8H2,1-4H3,(H2,24,32);1H3,(H,3,4)/t9-,11-,17-,23-;/m0./s1. The van der Waals surface area contributed by atoms with Gasteiger partial charge in [0.25, 0.3) is 11.9 Å². The zero-order chi connectivity index (χ0) is 28.1. The van der Waals surface area contributed by atoms with E-state index in [4.69, 9.17) is 15.6 Å². The molecule has 0 saturated carbocycles. The number of aliphatic hydroxyl groups excluding tert-OH is 2. The molecule has 0 fully saturated rings. The molecule has 0 unspecified atom stereocenters. The SMILES string of the molecule is CC(=O)O.CN(C)c1ccc(O)c2c1C[C@H]1C[C@H]3[C@H](N(C)C)C(O)=C(C(N)=O)C(=O)[C@@]3(O)C(O)=C1C2=O. The van der Waals surface area contributed by atoms with Gasteiger partial charge in [0, 0.05) is 38.2 Å². The highest BCUT2D eigenvalue weighted by Gasteiger charge is 2.63. The van der Waals surface area contributed by atoms with Crippen LogP contribution in [-0.2, 0) is 20.8 Å². The van der Waals surface area contributed by atoms with Gasteiger partial charge in [0.1, 0.15) is 22.8 Å². The first kappa shape index (κ1) is 27.7. The van der Waals surface area contributed by atoms with Crippen molar-refractivity contribution < 1.29 is 44.7 Å². The van der Waals surface area contributed by atoms with Crippen LogP contribution >= 0.6 is 0 Å². The van der Waals surface area contributed by atoms with Crippen molar-refractivity contribution in [2.75, 3.05) is 33.1 Å². The van der Waals surface area contributed by atoms with Crippen molar-refractivity contribution in [2.45, 2.75) is 31.4 Å². The molecule has 200 valence electrons. The largest absolute Gasteiger partial charge is 0.510 e. The number of carbonyl (C=O) groups excluding carboxylic acids is 3. The van der Waals surface area contributed by atoms with Crippen LogP contribution in [-0.4, -0.2) is 93.7 Å². The molecule has 1 aromatic carbocycles. The van der Waals surface area contributed by atoms with E-state index in [2.05, 4.69) is 0 Å². The van der Waals surface area contributed by atoms with E-state index in [9.17, 15) is 34.8 Å². The van der Waals surface area contributed by atoms with Crippen LogP contribution in [0.1, 0.15) is 29.3 Å². The number of carboxylic acids is 1. The molecule has 4 rings (SSSR count). The first-order valence-corrected chi connectivity index (χ1v) is 11.4. The van der Waals surface area contributed by atoms with Crippen molar-refractivity contribution in [3.05, 3.63) is 45.9 Å². The molecule has 4 atom stereocenters. The quantitative estimate of drug-likeness (QED) is 0.301. The van der Waals surface area contributed by atoms with Crippen molar-refractivity contribution in [3.63, 3.8) is 0 Å². The van der Waals surface area contributed by atoms with E-state index in [1.54, 1.807) is 39.2 Å². The number of primary amides is 1. The number of allylic oxidation sites excluding steroid dienone is 1. The minimum atomic E-state index is -2.63. The number of carboxylic acid groups (broad SMARTS) is 1. The van der Waals surface area contributed by atoms with Crippen LogP contribution in [0.15, 0.2) is 34.8 Å². The molecule has 12 nitrogen and oxygen atoms in total. The van der Waals surface area contributed by atoms with Crippen LogP contribution in [0.3, 0.4) is 0 Å². The predicted octanol–water partition coefficient (Wildman–Crippen LogP) is 0.278. The number of anilines is 1. The third-order valence-electron chi connectivity index (χ3n) is 7.06. The number of carbonyl (C=O) groups is 4. The highest BCUT2D eigenvalue weighted by atomic mass is 16.4. The Morgan fingerprint density at radius 1 is 1.08 bits per heavy atom. The van der Waals surface area contributed by atoms with Gasteiger partial charge in [0.15, 0.2) is 11.4 Å². The minimum Gasteiger partial charge on any atom is -0.510 e. The summed E-state index contributed by atoms with van der Waals surface area (Å²) < 4.78 is 0. The molecular formula is C25H31N3O9. The Kier molecular flexibility index (Phi) is 7.12. The van der Waals surface area contributed by atoms with Crippen molar-refractivity contribution in [2.24, 2.45) is 17.6 Å². The molecule has 0 aromatic heterocycles. The average Bonchev–Trinajstić information content (AvgIpc) is 2.75. The average molecular weight is 518 g/mol. The highest BCUT2D eigenvalue weighted by Crippen LogP contribution is 2.52. The summed E-state index contributed by atoms with van der Waals surface area (Å²) in [5.74, 6) is -7.37. The zero-order valence-corrected chi connectivity index (χ0v) is 21.1. The van der Waals surface area contributed by atoms with E-state index in [-0.39, 0.29) is 29.7 Å². The summed E-state index contributed by atoms with van der Waals surface area (Å²) in [6.07, 6.45) is 0.324. The van der Waals surface area contributed by atoms with Gasteiger partial charge in [-0.3, -0.25) is 24.1 Å². The molecule has 0 heterocycles. The summed E-state index contributed by atoms with van der Waals surface area (Å²) in [5, 5.41) is 51.3. The number of ketones is 2. The van der Waals surface area contributed by atoms with Gasteiger partial charge in [0.2, 0.25) is 5.78 Å². The normalized spacial score (nSPS) is 26.6. The lowest BCUT2D eigenvalue weighted by atomic mass is 9.58. The van der Waals surface area contributed by atoms with Crippen molar-refractivity contribution >= 4 is 29.1 Å². The molecule has 0 radical (unpaired) electrons. The van der Waals surface area contributed by atoms with Crippen LogP contribution in [0.5, 0.6) is 5.75 Å². The number of rotatable bonds is 3. The maximum absolute atomic E-state index is 13.5. The fourth-order valence-corrected chi connectivity index (χ4v) is 5.65. The number of likely N-dealkylation sites (N-methyl/N-ethyl adjacent to an activating group) is 1. The van der Waals surface area contributed by atoms with E-state index in [0.29, 0.717) is 5.56 Å². The van der Waals surface area contributed by atoms with Gasteiger partial charge >= 0.3 is 0 Å². The summed E-state index contributed by atoms with van der Waals surface area (Å²) >= 11 is 0. The van der Waals surface area contributed by atoms with Gasteiger partial charge in [0.05, 0.1) is 11.6 Å². The molecule has 37 heavy (non-hydrogen) atoms. The number of amides is 1. The number of phenolic OH excluding ortho intramolecular Hbond substituents is 1. The second-order valence-corrected chi connectivity index (χ2v) is 9.83. The third-order valence-corrected chi connectivity index (χ3v) is 7.06. The number of nitrogens with zero attached hydrogens (tertiary/aromatic N) is 2. The fraction of sp³-hybridized carbons (Fsp3) is 0.440. The second kappa shape index (κ2) is 9.52. The smallest absolute Gasteiger partial charge is 0.300 e. The lowest BCUT2D eigenvalue weighted by Gasteiger charge is -2.50. The van der Waals surface area contributed by atoms with Crippen LogP contribution < -0.4 is 10.6 Å². The van der Waals surface area contributed by atoms with Crippen molar-refractivity contribution in [1.82, 2.24) is 4.90 Å². The number of Topliss-reactive ketones (excluding diaryl/α,β-unsaturated/α-hetero) is 2. The van der Waals surface area contributed by atoms with Gasteiger partial charge in [-0.05, 0) is 50.6 Å². The molecule has 3 aliphatic carbocycles. The summed E-state index contributed by atoms with van der Waals surface area (Å²) in [4.78, 5) is 51.0. The van der Waals surface area contributed by atoms with E-state index in [0.717, 1.165) is 12.6 Å². The predicted molar refractivity (Wildman–Crippen MR) is 131 cm³/mol. The molecule has 0 saturated heterocycles. The molecule has 0 spiro atoms. The molecule has 12 heteroatoms. The number of aromatic hydroxyl groups is 1. The number of nitrogens with two attached hydrogens (primary N) is 1. The zero-order valence-electron chi connectivity index (χ0n) is 21.1. The maximum atomic E-state index is 13.5. The summed E-state index contributed by atoms with van der Waals surface area (Å²) in [6.45, 7) is 1.08. The van der Waals surface area contributed by atoms with Crippen molar-refractivity contribution in [1.29, 1.82) is 0 Å². The molecule has 7 N–H and O–H groups in total. The van der Waals surface area contributed by atoms with Crippen LogP contribution in [0.4, 0.5) is 5.69 Å². The summed E-state index contributed by atoms with van der Waals surface area (Å²) in [6, 6.07) is 2.06. The Balaban J connectivity index is 0.000000886. The van der Waals surface area contributed by atoms with Crippen molar-refractivity contribution in [3.8, 4) is 5.75 Å². The molecular weight excluding hydrogens is 486 g/mol. The number of hydrogen-bond donors (Lipinski definition) is 6. The number of fused-ring (bicyclic) bond motifs is 3. The van der Waals surface area contributed by atoms with Gasteiger partial charge < -0.3 is 36.2 Å². The number of hydrogen-bond acceptors (Lipinski definition) is 10. The number of aliphatic carboxylic acids is 1. The Morgan fingerprint density at radius 2 is 1.65 bits per heavy atom. The topological polar surface area (TPSA) is 202 Å². The van der Waals surface area contributed by atoms with E-state index < -0.39 is 64.0 Å². The minimum absolute atomic E-state index is 0.00184. The van der Waals surface area contributed by atoms with E-state index in [1.165, 1.54) is 11.0 Å². The molecule has 1 aromatic rings. The second-order valence-electron chi connectivity index (χ2n) is 9.83. The fourth-order valence-electron chi connectivity index (χ4n) is 5.65. The first-order valence-electron chi connectivity index (χ1n) is 11.4. The van der Waals surface area contributed by atoms with Gasteiger partial charge in [-0.15, -0.1) is 0 Å². The van der Waals surface area contributed by atoms with Gasteiger partial charge in [-0.25, -0.2) is 0 Å². The Hall–Kier alpha value is -3.90. The first-order chi connectivity index (χ1) is 17.1. The number of phenols is 1. The van der Waals surface area contributed by atoms with E-state index in [1.807, 2.05) is 0 Å². The highest BCUT2D eigenvalue weighted by molar-refractivity contribution is 6.24. The number of benzene rings is 1. The Bertz CT molecular complexity index is 1260. The summed E-state index contributed by atoms with van der Waals surface area (Å²) in [5.41, 5.74) is 3.02. The third kappa shape index (κ3) is 4.21. The monoisotopic (exact) mass is 517 g/mol. The van der Waals surface area contributed by atoms with Crippen LogP contribution in [0.2, 0.25) is 0 Å². The lowest BCUT2D eigenvalue weighted by Crippen LogP contribution is -2.63. The number of aliphatic hydroxyl groups is 3. The molecule has 0 aliphatic heterocycles. The van der Waals surface area contributed by atoms with E-state index >= 15 is 0 Å². The Morgan fingerprint density at radius 3 is 2.14 bits per heavy atom. The lowest BCUT2D eigenvalue weighted by molar-refractivity contribution is -0.148. The van der Waals surface area contributed by atoms with Gasteiger partial charge in [-0.2, -0.15) is 0 Å². The van der Waals surface area contributed by atoms with Gasteiger partial charge in [-0.1, -0.05) is 0 Å². The molecule has 3 aliphatic rings. The molecule has 0 bridgehead atoms. The maximum Gasteiger partial charge on any atom is 0.300 e. The van der Waals surface area contributed by atoms with Crippen LogP contribution in [0.25, 0.3) is 0 Å². The summed E-state index contributed by atoms with van der Waals surface area (Å²) in [7, 11) is 6.79. The Labute approximate surface area is 212 Å².